The molecule has 1 aliphatic heterocycles. The molecule has 13 heteroatoms. The Labute approximate surface area is 189 Å². The van der Waals surface area contributed by atoms with Crippen LogP contribution in [0.2, 0.25) is 0 Å². The zero-order chi connectivity index (χ0) is 22.7. The Morgan fingerprint density at radius 2 is 1.97 bits per heavy atom. The molecule has 2 amide bonds. The molecule has 1 saturated heterocycles. The molecular formula is C19H24N8O3S2. The summed E-state index contributed by atoms with van der Waals surface area (Å²) < 4.78 is 26.1. The monoisotopic (exact) mass is 476 g/mol. The summed E-state index contributed by atoms with van der Waals surface area (Å²) in [6.07, 6.45) is 4.91. The Hall–Kier alpha value is -3.06. The summed E-state index contributed by atoms with van der Waals surface area (Å²) >= 11 is 1.09. The third kappa shape index (κ3) is 5.05. The van der Waals surface area contributed by atoms with Crippen molar-refractivity contribution < 1.29 is 13.2 Å². The van der Waals surface area contributed by atoms with Gasteiger partial charge in [0.05, 0.1) is 17.1 Å². The van der Waals surface area contributed by atoms with Crippen molar-refractivity contribution >= 4 is 43.7 Å². The average Bonchev–Trinajstić information content (AvgIpc) is 3.38. The molecule has 4 rings (SSSR count). The molecule has 0 saturated carbocycles. The largest absolute Gasteiger partial charge is 0.370 e. The number of aromatic nitrogens is 5. The summed E-state index contributed by atoms with van der Waals surface area (Å²) in [6.45, 7) is 3.95. The summed E-state index contributed by atoms with van der Waals surface area (Å²) in [6, 6.07) is 5.49. The normalized spacial score (nSPS) is 14.4. The molecule has 2 N–H and O–H groups in total. The van der Waals surface area contributed by atoms with Gasteiger partial charge in [-0.2, -0.15) is 0 Å². The van der Waals surface area contributed by atoms with Crippen molar-refractivity contribution in [3.8, 4) is 0 Å². The number of sulfone groups is 1. The van der Waals surface area contributed by atoms with Crippen LogP contribution >= 0.6 is 11.3 Å². The third-order valence-electron chi connectivity index (χ3n) is 5.06. The molecule has 1 aliphatic rings. The maximum atomic E-state index is 12.6. The molecule has 0 unspecified atom stereocenters. The number of nitrogens with zero attached hydrogens (tertiary/aromatic N) is 6. The minimum atomic E-state index is -3.72. The minimum Gasteiger partial charge on any atom is -0.370 e. The molecule has 0 aliphatic carbocycles. The summed E-state index contributed by atoms with van der Waals surface area (Å²) in [5.41, 5.74) is 2.85. The Bertz CT molecular complexity index is 1210. The first kappa shape index (κ1) is 22.1. The number of carbonyl (C=O) groups is 1. The van der Waals surface area contributed by atoms with Gasteiger partial charge in [-0.25, -0.2) is 22.9 Å². The summed E-state index contributed by atoms with van der Waals surface area (Å²) in [5, 5.41) is 16.1. The molecule has 1 aromatic carbocycles. The number of piperidine rings is 1. The van der Waals surface area contributed by atoms with E-state index in [4.69, 9.17) is 0 Å². The lowest BCUT2D eigenvalue weighted by molar-refractivity contribution is 0.262. The summed E-state index contributed by atoms with van der Waals surface area (Å²) in [4.78, 5) is 19.5. The molecule has 0 atom stereocenters. The van der Waals surface area contributed by atoms with Gasteiger partial charge in [0.25, 0.3) is 5.16 Å². The number of amides is 2. The molecule has 32 heavy (non-hydrogen) atoms. The molecule has 3 aromatic rings. The smallest absolute Gasteiger partial charge is 0.325 e. The molecule has 2 aromatic heterocycles. The maximum absolute atomic E-state index is 12.6. The highest BCUT2D eigenvalue weighted by molar-refractivity contribution is 7.90. The van der Waals surface area contributed by atoms with Gasteiger partial charge in [0.1, 0.15) is 0 Å². The zero-order valence-electron chi connectivity index (χ0n) is 17.8. The Morgan fingerprint density at radius 3 is 2.69 bits per heavy atom. The van der Waals surface area contributed by atoms with Crippen LogP contribution in [0.1, 0.15) is 29.7 Å². The molecule has 11 nitrogen and oxygen atoms in total. The van der Waals surface area contributed by atoms with Crippen LogP contribution in [0.25, 0.3) is 0 Å². The Kier molecular flexibility index (Phi) is 6.37. The van der Waals surface area contributed by atoms with Gasteiger partial charge in [0, 0.05) is 31.2 Å². The SMILES string of the molecule is Cc1ccc(NC(=O)Nc2ncc(CS(=O)(=O)c3nnnn3C)s2)c(N2CCCCC2)c1. The first-order valence-corrected chi connectivity index (χ1v) is 12.6. The zero-order valence-corrected chi connectivity index (χ0v) is 19.4. The third-order valence-corrected chi connectivity index (χ3v) is 7.75. The molecule has 1 fully saturated rings. The van der Waals surface area contributed by atoms with Crippen LogP contribution in [0.15, 0.2) is 29.6 Å². The lowest BCUT2D eigenvalue weighted by atomic mass is 10.1. The van der Waals surface area contributed by atoms with Crippen LogP contribution in [0.5, 0.6) is 0 Å². The van der Waals surface area contributed by atoms with Crippen molar-refractivity contribution in [1.29, 1.82) is 0 Å². The van der Waals surface area contributed by atoms with Crippen molar-refractivity contribution in [3.63, 3.8) is 0 Å². The number of tetrazole rings is 1. The van der Waals surface area contributed by atoms with Crippen LogP contribution in [-0.4, -0.2) is 52.7 Å². The number of anilines is 3. The number of thiazole rings is 1. The number of hydrogen-bond acceptors (Lipinski definition) is 9. The number of urea groups is 1. The minimum absolute atomic E-state index is 0.220. The van der Waals surface area contributed by atoms with Crippen LogP contribution < -0.4 is 15.5 Å². The topological polar surface area (TPSA) is 135 Å². The molecule has 0 spiro atoms. The van der Waals surface area contributed by atoms with Gasteiger partial charge in [-0.15, -0.1) is 11.3 Å². The highest BCUT2D eigenvalue weighted by atomic mass is 32.2. The lowest BCUT2D eigenvalue weighted by Crippen LogP contribution is -2.31. The standard InChI is InChI=1S/C19H24N8O3S2/c1-13-6-7-15(16(10-13)27-8-4-3-5-9-27)21-17(28)22-18-20-11-14(31-18)12-32(29,30)19-23-24-25-26(19)2/h6-7,10-11H,3-5,8-9,12H2,1-2H3,(H2,20,21,22,28). The molecule has 0 radical (unpaired) electrons. The first-order valence-electron chi connectivity index (χ1n) is 10.2. The van der Waals surface area contributed by atoms with E-state index in [1.807, 2.05) is 19.1 Å². The number of aryl methyl sites for hydroxylation is 2. The number of carbonyl (C=O) groups excluding carboxylic acids is 1. The Balaban J connectivity index is 1.43. The van der Waals surface area contributed by atoms with E-state index in [1.165, 1.54) is 19.7 Å². The summed E-state index contributed by atoms with van der Waals surface area (Å²) in [5.74, 6) is -0.306. The van der Waals surface area contributed by atoms with E-state index in [9.17, 15) is 13.2 Å². The predicted octanol–water partition coefficient (Wildman–Crippen LogP) is 2.58. The second-order valence-electron chi connectivity index (χ2n) is 7.62. The van der Waals surface area contributed by atoms with E-state index in [2.05, 4.69) is 42.1 Å². The van der Waals surface area contributed by atoms with Gasteiger partial charge < -0.3 is 10.2 Å². The molecule has 0 bridgehead atoms. The highest BCUT2D eigenvalue weighted by Crippen LogP contribution is 2.30. The predicted molar refractivity (Wildman–Crippen MR) is 122 cm³/mol. The van der Waals surface area contributed by atoms with Crippen LogP contribution in [0.4, 0.5) is 21.3 Å². The first-order chi connectivity index (χ1) is 15.3. The van der Waals surface area contributed by atoms with Gasteiger partial charge in [-0.1, -0.05) is 11.2 Å². The number of benzene rings is 1. The highest BCUT2D eigenvalue weighted by Gasteiger charge is 2.23. The van der Waals surface area contributed by atoms with Crippen molar-refractivity contribution in [2.75, 3.05) is 28.6 Å². The van der Waals surface area contributed by atoms with Crippen molar-refractivity contribution in [2.45, 2.75) is 37.1 Å². The fraction of sp³-hybridized carbons (Fsp3) is 0.421. The second kappa shape index (κ2) is 9.20. The van der Waals surface area contributed by atoms with Gasteiger partial charge in [0.2, 0.25) is 9.84 Å². The van der Waals surface area contributed by atoms with E-state index in [-0.39, 0.29) is 10.9 Å². The summed E-state index contributed by atoms with van der Waals surface area (Å²) in [7, 11) is -2.26. The van der Waals surface area contributed by atoms with E-state index in [0.717, 1.165) is 58.9 Å². The maximum Gasteiger partial charge on any atom is 0.325 e. The van der Waals surface area contributed by atoms with E-state index in [0.29, 0.717) is 10.0 Å². The second-order valence-corrected chi connectivity index (χ2v) is 10.6. The van der Waals surface area contributed by atoms with Crippen LogP contribution in [-0.2, 0) is 22.6 Å². The number of nitrogens with one attached hydrogen (secondary N) is 2. The quantitative estimate of drug-likeness (QED) is 0.554. The number of hydrogen-bond donors (Lipinski definition) is 2. The average molecular weight is 477 g/mol. The van der Waals surface area contributed by atoms with Gasteiger partial charge in [0.15, 0.2) is 5.13 Å². The molecule has 170 valence electrons. The number of rotatable bonds is 6. The van der Waals surface area contributed by atoms with Crippen molar-refractivity contribution in [3.05, 3.63) is 34.8 Å². The fourth-order valence-electron chi connectivity index (χ4n) is 3.56. The van der Waals surface area contributed by atoms with Crippen molar-refractivity contribution in [1.82, 2.24) is 25.2 Å². The van der Waals surface area contributed by atoms with Crippen LogP contribution in [0.3, 0.4) is 0 Å². The van der Waals surface area contributed by atoms with E-state index < -0.39 is 15.9 Å². The molecular weight excluding hydrogens is 452 g/mol. The van der Waals surface area contributed by atoms with E-state index >= 15 is 0 Å². The lowest BCUT2D eigenvalue weighted by Gasteiger charge is -2.30. The Morgan fingerprint density at radius 1 is 1.19 bits per heavy atom. The van der Waals surface area contributed by atoms with Crippen LogP contribution in [0, 0.1) is 6.92 Å². The van der Waals surface area contributed by atoms with Crippen molar-refractivity contribution in [2.24, 2.45) is 7.05 Å². The van der Waals surface area contributed by atoms with E-state index in [1.54, 1.807) is 0 Å². The fourth-order valence-corrected chi connectivity index (χ4v) is 6.05. The van der Waals surface area contributed by atoms with Gasteiger partial charge in [-0.3, -0.25) is 5.32 Å². The van der Waals surface area contributed by atoms with Gasteiger partial charge in [-0.05, 0) is 54.3 Å². The molecule has 3 heterocycles. The van der Waals surface area contributed by atoms with Gasteiger partial charge >= 0.3 is 6.03 Å².